The molecular weight excluding hydrogens is 342 g/mol. The van der Waals surface area contributed by atoms with E-state index < -0.39 is 0 Å². The summed E-state index contributed by atoms with van der Waals surface area (Å²) in [5.41, 5.74) is 4.39. The highest BCUT2D eigenvalue weighted by Gasteiger charge is 2.29. The fourth-order valence-corrected chi connectivity index (χ4v) is 3.57. The molecule has 27 heavy (non-hydrogen) atoms. The molecule has 3 N–H and O–H groups in total. The monoisotopic (exact) mass is 369 g/mol. The number of aromatic nitrogens is 2. The van der Waals surface area contributed by atoms with Crippen molar-refractivity contribution in [2.24, 2.45) is 0 Å². The predicted octanol–water partition coefficient (Wildman–Crippen LogP) is 3.19. The molecule has 0 saturated carbocycles. The smallest absolute Gasteiger partial charge is 0.319 e. The van der Waals surface area contributed by atoms with Crippen LogP contribution in [0.25, 0.3) is 0 Å². The Bertz CT molecular complexity index is 830. The number of carbonyl (C=O) groups excluding carboxylic acids is 2. The van der Waals surface area contributed by atoms with Gasteiger partial charge in [0.2, 0.25) is 0 Å². The van der Waals surface area contributed by atoms with Crippen LogP contribution in [0.5, 0.6) is 0 Å². The standard InChI is InChI=1S/C20H27N5O2/c1-4-21-20(27)23-17-11-22-24-18(17)15-6-5-9-25(12-15)19(26)16-10-13(2)7-8-14(16)3/h7-8,10-11,15H,4-6,9,12H2,1-3H3,(H,22,24)(H2,21,23,27). The Hall–Kier alpha value is -2.83. The molecule has 1 atom stereocenters. The van der Waals surface area contributed by atoms with E-state index in [0.717, 1.165) is 41.8 Å². The number of nitrogens with one attached hydrogen (secondary N) is 3. The van der Waals surface area contributed by atoms with Gasteiger partial charge in [-0.15, -0.1) is 0 Å². The Morgan fingerprint density at radius 2 is 2.15 bits per heavy atom. The summed E-state index contributed by atoms with van der Waals surface area (Å²) in [6.45, 7) is 7.75. The lowest BCUT2D eigenvalue weighted by Crippen LogP contribution is -2.39. The molecule has 7 heteroatoms. The van der Waals surface area contributed by atoms with E-state index in [2.05, 4.69) is 20.8 Å². The lowest BCUT2D eigenvalue weighted by atomic mass is 9.93. The lowest BCUT2D eigenvalue weighted by molar-refractivity contribution is 0.0705. The second-order valence-electron chi connectivity index (χ2n) is 7.09. The van der Waals surface area contributed by atoms with E-state index in [4.69, 9.17) is 0 Å². The third-order valence-corrected chi connectivity index (χ3v) is 4.99. The number of hydrogen-bond acceptors (Lipinski definition) is 3. The molecule has 2 aromatic rings. The minimum Gasteiger partial charge on any atom is -0.338 e. The van der Waals surface area contributed by atoms with Gasteiger partial charge in [-0.25, -0.2) is 4.79 Å². The summed E-state index contributed by atoms with van der Waals surface area (Å²) < 4.78 is 0. The first-order chi connectivity index (χ1) is 13.0. The summed E-state index contributed by atoms with van der Waals surface area (Å²) in [6.07, 6.45) is 3.49. The van der Waals surface area contributed by atoms with Crippen molar-refractivity contribution in [3.63, 3.8) is 0 Å². The molecule has 3 rings (SSSR count). The van der Waals surface area contributed by atoms with Gasteiger partial charge in [-0.05, 0) is 45.2 Å². The predicted molar refractivity (Wildman–Crippen MR) is 105 cm³/mol. The molecule has 1 aliphatic heterocycles. The normalized spacial score (nSPS) is 16.9. The van der Waals surface area contributed by atoms with E-state index in [1.165, 1.54) is 0 Å². The van der Waals surface area contributed by atoms with Crippen LogP contribution in [0.3, 0.4) is 0 Å². The average Bonchev–Trinajstić information content (AvgIpc) is 3.11. The highest BCUT2D eigenvalue weighted by atomic mass is 16.2. The molecule has 1 unspecified atom stereocenters. The summed E-state index contributed by atoms with van der Waals surface area (Å²) in [5, 5.41) is 12.7. The molecule has 1 aliphatic rings. The first-order valence-corrected chi connectivity index (χ1v) is 9.44. The number of nitrogens with zero attached hydrogens (tertiary/aromatic N) is 2. The van der Waals surface area contributed by atoms with Gasteiger partial charge in [0.25, 0.3) is 5.91 Å². The van der Waals surface area contributed by atoms with Crippen molar-refractivity contribution >= 4 is 17.6 Å². The van der Waals surface area contributed by atoms with Crippen LogP contribution in [-0.4, -0.2) is 46.7 Å². The Balaban J connectivity index is 1.75. The number of carbonyl (C=O) groups is 2. The Morgan fingerprint density at radius 1 is 1.33 bits per heavy atom. The SMILES string of the molecule is CCNC(=O)Nc1cn[nH]c1C1CCCN(C(=O)c2cc(C)ccc2C)C1. The summed E-state index contributed by atoms with van der Waals surface area (Å²) >= 11 is 0. The van der Waals surface area contributed by atoms with Crippen molar-refractivity contribution in [1.82, 2.24) is 20.4 Å². The Morgan fingerprint density at radius 3 is 2.93 bits per heavy atom. The summed E-state index contributed by atoms with van der Waals surface area (Å²) in [7, 11) is 0. The second-order valence-corrected chi connectivity index (χ2v) is 7.09. The average molecular weight is 369 g/mol. The van der Waals surface area contributed by atoms with Crippen molar-refractivity contribution < 1.29 is 9.59 Å². The molecule has 0 bridgehead atoms. The molecule has 0 spiro atoms. The number of hydrogen-bond donors (Lipinski definition) is 3. The van der Waals surface area contributed by atoms with Crippen LogP contribution in [0.1, 0.15) is 52.9 Å². The Kier molecular flexibility index (Phi) is 5.78. The molecule has 0 radical (unpaired) electrons. The lowest BCUT2D eigenvalue weighted by Gasteiger charge is -2.33. The molecule has 3 amide bonds. The maximum absolute atomic E-state index is 13.1. The number of benzene rings is 1. The molecule has 2 heterocycles. The molecule has 1 aromatic heterocycles. The van der Waals surface area contributed by atoms with E-state index in [1.807, 2.05) is 43.9 Å². The third-order valence-electron chi connectivity index (χ3n) is 4.99. The maximum atomic E-state index is 13.1. The first kappa shape index (κ1) is 18.9. The summed E-state index contributed by atoms with van der Waals surface area (Å²) in [4.78, 5) is 26.8. The van der Waals surface area contributed by atoms with Crippen LogP contribution in [0.15, 0.2) is 24.4 Å². The summed E-state index contributed by atoms with van der Waals surface area (Å²) in [6, 6.07) is 5.72. The van der Waals surface area contributed by atoms with Gasteiger partial charge in [-0.1, -0.05) is 17.7 Å². The van der Waals surface area contributed by atoms with Gasteiger partial charge in [-0.3, -0.25) is 9.89 Å². The van der Waals surface area contributed by atoms with Crippen LogP contribution < -0.4 is 10.6 Å². The van der Waals surface area contributed by atoms with Gasteiger partial charge >= 0.3 is 6.03 Å². The fourth-order valence-electron chi connectivity index (χ4n) is 3.57. The van der Waals surface area contributed by atoms with Crippen LogP contribution in [0, 0.1) is 13.8 Å². The number of urea groups is 1. The fraction of sp³-hybridized carbons (Fsp3) is 0.450. The van der Waals surface area contributed by atoms with Gasteiger partial charge in [-0.2, -0.15) is 5.10 Å². The van der Waals surface area contributed by atoms with Crippen molar-refractivity contribution in [3.05, 3.63) is 46.8 Å². The molecule has 0 aliphatic carbocycles. The van der Waals surface area contributed by atoms with Crippen LogP contribution in [-0.2, 0) is 0 Å². The molecule has 1 saturated heterocycles. The number of likely N-dealkylation sites (tertiary alicyclic amines) is 1. The zero-order valence-corrected chi connectivity index (χ0v) is 16.1. The van der Waals surface area contributed by atoms with Crippen molar-refractivity contribution in [2.75, 3.05) is 25.0 Å². The highest BCUT2D eigenvalue weighted by molar-refractivity contribution is 5.96. The van der Waals surface area contributed by atoms with Crippen LogP contribution in [0.2, 0.25) is 0 Å². The highest BCUT2D eigenvalue weighted by Crippen LogP contribution is 2.31. The molecule has 7 nitrogen and oxygen atoms in total. The van der Waals surface area contributed by atoms with E-state index >= 15 is 0 Å². The van der Waals surface area contributed by atoms with E-state index in [1.54, 1.807) is 6.20 Å². The minimum atomic E-state index is -0.251. The molecule has 1 aromatic carbocycles. The van der Waals surface area contributed by atoms with Gasteiger partial charge in [0, 0.05) is 31.1 Å². The van der Waals surface area contributed by atoms with Crippen molar-refractivity contribution in [1.29, 1.82) is 0 Å². The number of rotatable bonds is 4. The zero-order valence-electron chi connectivity index (χ0n) is 16.1. The van der Waals surface area contributed by atoms with Crippen LogP contribution in [0.4, 0.5) is 10.5 Å². The number of amides is 3. The largest absolute Gasteiger partial charge is 0.338 e. The van der Waals surface area contributed by atoms with Gasteiger partial charge in [0.05, 0.1) is 17.6 Å². The second kappa shape index (κ2) is 8.24. The van der Waals surface area contributed by atoms with E-state index in [9.17, 15) is 9.59 Å². The molecule has 144 valence electrons. The number of piperidine rings is 1. The zero-order chi connectivity index (χ0) is 19.4. The van der Waals surface area contributed by atoms with Gasteiger partial charge in [0.15, 0.2) is 0 Å². The number of H-pyrrole nitrogens is 1. The van der Waals surface area contributed by atoms with Crippen LogP contribution >= 0.6 is 0 Å². The van der Waals surface area contributed by atoms with Crippen molar-refractivity contribution in [3.8, 4) is 0 Å². The third kappa shape index (κ3) is 4.30. The maximum Gasteiger partial charge on any atom is 0.319 e. The molecule has 1 fully saturated rings. The topological polar surface area (TPSA) is 90.1 Å². The van der Waals surface area contributed by atoms with Gasteiger partial charge < -0.3 is 15.5 Å². The minimum absolute atomic E-state index is 0.0682. The first-order valence-electron chi connectivity index (χ1n) is 9.44. The van der Waals surface area contributed by atoms with E-state index in [-0.39, 0.29) is 17.9 Å². The van der Waals surface area contributed by atoms with Gasteiger partial charge in [0.1, 0.15) is 0 Å². The summed E-state index contributed by atoms with van der Waals surface area (Å²) in [5.74, 6) is 0.186. The quantitative estimate of drug-likeness (QED) is 0.773. The van der Waals surface area contributed by atoms with E-state index in [0.29, 0.717) is 18.8 Å². The molecular formula is C20H27N5O2. The number of aromatic amines is 1. The van der Waals surface area contributed by atoms with Crippen molar-refractivity contribution in [2.45, 2.75) is 39.5 Å². The number of aryl methyl sites for hydroxylation is 2. The Labute approximate surface area is 159 Å². The number of anilines is 1.